The van der Waals surface area contributed by atoms with Gasteiger partial charge in [-0.15, -0.1) is 0 Å². The zero-order chi connectivity index (χ0) is 53.0. The van der Waals surface area contributed by atoms with Crippen molar-refractivity contribution in [1.29, 1.82) is 0 Å². The number of nitrogens with zero attached hydrogens (tertiary/aromatic N) is 4. The van der Waals surface area contributed by atoms with E-state index in [1.807, 2.05) is 0 Å². The van der Waals surface area contributed by atoms with Crippen LogP contribution in [-0.2, 0) is 0 Å². The Balaban J connectivity index is 1.22. The maximum absolute atomic E-state index is 5.79. The highest BCUT2D eigenvalue weighted by molar-refractivity contribution is 6.03. The van der Waals surface area contributed by atoms with E-state index >= 15 is 0 Å². The maximum Gasteiger partial charge on any atom is 0.0738 e. The van der Waals surface area contributed by atoms with E-state index in [1.165, 1.54) is 22.3 Å². The molecule has 0 unspecified atom stereocenters. The lowest BCUT2D eigenvalue weighted by atomic mass is 9.92. The number of hydrogen-bond donors (Lipinski definition) is 4. The van der Waals surface area contributed by atoms with Crippen molar-refractivity contribution in [3.8, 4) is 44.5 Å². The SMILES string of the molecule is CCC(CC)c1c2nc(c(-c3c4nc(c(-c5ccc(C)cc5)c5ccc(cc6nc(c(-c7ccc(C)cc7)c7ccc3[nH]7)C=C6)[nH]5)C=C4)c3ccc([nH]3)c(C(CC)CC)c3nc(c(-c4ccccc4)c4ccc1[nH]4)C=C3)C=C2. The van der Waals surface area contributed by atoms with Gasteiger partial charge in [-0.1, -0.05) is 118 Å². The molecule has 3 aromatic carbocycles. The predicted molar refractivity (Wildman–Crippen MR) is 329 cm³/mol. The van der Waals surface area contributed by atoms with Gasteiger partial charge in [0.15, 0.2) is 0 Å². The largest absolute Gasteiger partial charge is 0.355 e. The van der Waals surface area contributed by atoms with Crippen LogP contribution in [0.15, 0.2) is 133 Å². The average molecular weight is 1020 g/mol. The lowest BCUT2D eigenvalue weighted by Gasteiger charge is -2.14. The summed E-state index contributed by atoms with van der Waals surface area (Å²) in [5.74, 6) is 0.478. The first-order chi connectivity index (χ1) is 38.2. The van der Waals surface area contributed by atoms with Crippen molar-refractivity contribution in [1.82, 2.24) is 39.9 Å². The summed E-state index contributed by atoms with van der Waals surface area (Å²) in [5.41, 5.74) is 28.0. The van der Waals surface area contributed by atoms with Crippen LogP contribution in [0.2, 0.25) is 0 Å². The molecule has 6 aromatic heterocycles. The summed E-state index contributed by atoms with van der Waals surface area (Å²) in [5, 5.41) is 0. The molecule has 0 atom stereocenters. The number of aryl methyl sites for hydroxylation is 2. The van der Waals surface area contributed by atoms with Crippen molar-refractivity contribution in [3.63, 3.8) is 0 Å². The molecule has 78 heavy (non-hydrogen) atoms. The van der Waals surface area contributed by atoms with Gasteiger partial charge in [0.2, 0.25) is 0 Å². The van der Waals surface area contributed by atoms with Crippen LogP contribution in [0.5, 0.6) is 0 Å². The van der Waals surface area contributed by atoms with Crippen molar-refractivity contribution in [2.24, 2.45) is 0 Å². The first kappa shape index (κ1) is 48.5. The van der Waals surface area contributed by atoms with Crippen LogP contribution >= 0.6 is 0 Å². The van der Waals surface area contributed by atoms with Crippen LogP contribution in [0.4, 0.5) is 0 Å². The van der Waals surface area contributed by atoms with Crippen LogP contribution in [0, 0.1) is 13.8 Å². The summed E-state index contributed by atoms with van der Waals surface area (Å²) in [7, 11) is 0. The van der Waals surface area contributed by atoms with Crippen molar-refractivity contribution < 1.29 is 0 Å². The number of fused-ring (bicyclic) bond motifs is 16. The van der Waals surface area contributed by atoms with E-state index in [4.69, 9.17) is 19.9 Å². The molecule has 0 radical (unpaired) electrons. The Kier molecular flexibility index (Phi) is 12.5. The molecular formula is C70H62N8. The Bertz CT molecular complexity index is 4260. The van der Waals surface area contributed by atoms with Crippen molar-refractivity contribution in [2.45, 2.75) is 79.1 Å². The number of benzene rings is 3. The van der Waals surface area contributed by atoms with Crippen LogP contribution in [-0.4, -0.2) is 39.9 Å². The number of aromatic amines is 4. The lowest BCUT2D eigenvalue weighted by Crippen LogP contribution is -2.00. The summed E-state index contributed by atoms with van der Waals surface area (Å²) >= 11 is 0. The van der Waals surface area contributed by atoms with Gasteiger partial charge in [0, 0.05) is 83.1 Å². The Morgan fingerprint density at radius 1 is 0.321 bits per heavy atom. The topological polar surface area (TPSA) is 115 Å². The first-order valence-corrected chi connectivity index (χ1v) is 27.7. The molecule has 0 saturated heterocycles. The van der Waals surface area contributed by atoms with Gasteiger partial charge < -0.3 is 19.9 Å². The van der Waals surface area contributed by atoms with Gasteiger partial charge in [-0.2, -0.15) is 0 Å². The minimum absolute atomic E-state index is 0.239. The minimum Gasteiger partial charge on any atom is -0.355 e. The molecule has 0 amide bonds. The van der Waals surface area contributed by atoms with Crippen LogP contribution < -0.4 is 0 Å². The van der Waals surface area contributed by atoms with E-state index in [0.29, 0.717) is 0 Å². The Morgan fingerprint density at radius 3 is 1.14 bits per heavy atom. The molecule has 9 aromatic rings. The monoisotopic (exact) mass is 1010 g/mol. The molecule has 13 rings (SSSR count). The molecule has 16 bridgehead atoms. The van der Waals surface area contributed by atoms with E-state index in [9.17, 15) is 0 Å². The second kappa shape index (κ2) is 20.1. The molecule has 4 aliphatic heterocycles. The molecule has 8 nitrogen and oxygen atoms in total. The van der Waals surface area contributed by atoms with E-state index in [1.54, 1.807) is 0 Å². The molecule has 0 aliphatic carbocycles. The quantitative estimate of drug-likeness (QED) is 0.109. The highest BCUT2D eigenvalue weighted by Crippen LogP contribution is 2.42. The average Bonchev–Trinajstić information content (AvgIpc) is 4.36. The van der Waals surface area contributed by atoms with E-state index in [-0.39, 0.29) is 11.8 Å². The molecule has 8 heteroatoms. The van der Waals surface area contributed by atoms with Gasteiger partial charge in [0.05, 0.1) is 45.6 Å². The third-order valence-corrected chi connectivity index (χ3v) is 16.2. The molecule has 4 aliphatic rings. The zero-order valence-electron chi connectivity index (χ0n) is 45.1. The van der Waals surface area contributed by atoms with Gasteiger partial charge in [0.25, 0.3) is 0 Å². The van der Waals surface area contributed by atoms with Crippen LogP contribution in [0.25, 0.3) is 137 Å². The molecule has 382 valence electrons. The number of nitrogens with one attached hydrogen (secondary N) is 4. The second-order valence-electron chi connectivity index (χ2n) is 21.1. The lowest BCUT2D eigenvalue weighted by molar-refractivity contribution is 0.642. The van der Waals surface area contributed by atoms with Gasteiger partial charge in [-0.25, -0.2) is 19.9 Å². The fraction of sp³-hybridized carbons (Fsp3) is 0.171. The van der Waals surface area contributed by atoms with Crippen molar-refractivity contribution in [2.75, 3.05) is 0 Å². The third-order valence-electron chi connectivity index (χ3n) is 16.2. The van der Waals surface area contributed by atoms with E-state index < -0.39 is 0 Å². The fourth-order valence-corrected chi connectivity index (χ4v) is 12.1. The predicted octanol–water partition coefficient (Wildman–Crippen LogP) is 18.7. The highest BCUT2D eigenvalue weighted by atomic mass is 14.8. The van der Waals surface area contributed by atoms with E-state index in [2.05, 4.69) is 244 Å². The zero-order valence-corrected chi connectivity index (χ0v) is 45.1. The molecule has 0 fully saturated rings. The minimum atomic E-state index is 0.239. The molecule has 4 N–H and O–H groups in total. The summed E-state index contributed by atoms with van der Waals surface area (Å²) < 4.78 is 0. The number of H-pyrrole nitrogens is 4. The Hall–Kier alpha value is -9.14. The van der Waals surface area contributed by atoms with Crippen LogP contribution in [0.1, 0.15) is 133 Å². The van der Waals surface area contributed by atoms with Gasteiger partial charge >= 0.3 is 0 Å². The third kappa shape index (κ3) is 8.67. The van der Waals surface area contributed by atoms with Crippen molar-refractivity contribution in [3.05, 3.63) is 201 Å². The summed E-state index contributed by atoms with van der Waals surface area (Å²) in [6.07, 6.45) is 21.3. The number of aromatic nitrogens is 8. The normalized spacial score (nSPS) is 12.7. The second-order valence-corrected chi connectivity index (χ2v) is 21.1. The van der Waals surface area contributed by atoms with Gasteiger partial charge in [0.1, 0.15) is 0 Å². The molecule has 10 heterocycles. The van der Waals surface area contributed by atoms with E-state index in [0.717, 1.165) is 160 Å². The highest BCUT2D eigenvalue weighted by Gasteiger charge is 2.25. The maximum atomic E-state index is 5.79. The molecular weight excluding hydrogens is 953 g/mol. The van der Waals surface area contributed by atoms with Crippen molar-refractivity contribution >= 4 is 92.7 Å². The fourth-order valence-electron chi connectivity index (χ4n) is 12.1. The summed E-state index contributed by atoms with van der Waals surface area (Å²) in [6.45, 7) is 13.4. The van der Waals surface area contributed by atoms with Gasteiger partial charge in [-0.05, 0) is 171 Å². The smallest absolute Gasteiger partial charge is 0.0738 e. The Morgan fingerprint density at radius 2 is 0.667 bits per heavy atom. The summed E-state index contributed by atoms with van der Waals surface area (Å²) in [4.78, 5) is 38.2. The standard InChI is InChI=1S/C70H62N8/c1-7-43(8-2)64-52-28-30-56(73-52)66(45-14-12-11-13-15-45)57-31-29-53(74-57)65(44(9-3)10-4)55-33-37-61(76-55)69(60-36-32-54(64)75-60)70-62-38-34-58(77-62)67(46-20-16-41(5)17-21-46)50-26-24-48(71-50)40-49-25-27-51(72-49)68(59-35-39-63(70)78-59)47-22-18-42(6)19-23-47/h11-40,43-44,71,73,76,78H,7-10H2,1-6H3. The number of rotatable bonds is 10. The van der Waals surface area contributed by atoms with Gasteiger partial charge in [-0.3, -0.25) is 0 Å². The molecule has 0 saturated carbocycles. The van der Waals surface area contributed by atoms with Crippen LogP contribution in [0.3, 0.4) is 0 Å². The number of hydrogen-bond acceptors (Lipinski definition) is 4. The molecule has 0 spiro atoms. The first-order valence-electron chi connectivity index (χ1n) is 27.7. The summed E-state index contributed by atoms with van der Waals surface area (Å²) in [6, 6.07) is 48.0. The Labute approximate surface area is 455 Å².